The molecule has 1 aromatic heterocycles. The van der Waals surface area contributed by atoms with Crippen LogP contribution in [0.4, 0.5) is 4.39 Å². The average Bonchev–Trinajstić information content (AvgIpc) is 3.22. The minimum absolute atomic E-state index is 0.237. The van der Waals surface area contributed by atoms with Crippen molar-refractivity contribution < 1.29 is 13.5 Å². The average molecular weight is 347 g/mol. The van der Waals surface area contributed by atoms with Gasteiger partial charge in [0.1, 0.15) is 17.3 Å². The van der Waals surface area contributed by atoms with Gasteiger partial charge in [0, 0.05) is 19.1 Å². The van der Waals surface area contributed by atoms with Crippen LogP contribution in [0.25, 0.3) is 0 Å². The molecule has 1 fully saturated rings. The van der Waals surface area contributed by atoms with Crippen molar-refractivity contribution in [2.24, 2.45) is 0 Å². The number of halogens is 1. The molecule has 0 N–H and O–H groups in total. The molecule has 1 aliphatic rings. The van der Waals surface area contributed by atoms with Gasteiger partial charge >= 0.3 is 0 Å². The van der Waals surface area contributed by atoms with E-state index < -0.39 is 0 Å². The predicted molar refractivity (Wildman–Crippen MR) is 94.1 cm³/mol. The number of aromatic nitrogens is 1. The maximum atomic E-state index is 12.8. The number of hydrogen-bond donors (Lipinski definition) is 0. The predicted octanol–water partition coefficient (Wildman–Crippen LogP) is 3.10. The fourth-order valence-electron chi connectivity index (χ4n) is 3.20. The Morgan fingerprint density at radius 2 is 2.16 bits per heavy atom. The lowest BCUT2D eigenvalue weighted by Crippen LogP contribution is -2.34. The van der Waals surface area contributed by atoms with Crippen molar-refractivity contribution in [1.82, 2.24) is 14.8 Å². The van der Waals surface area contributed by atoms with E-state index in [0.717, 1.165) is 56.4 Å². The van der Waals surface area contributed by atoms with Gasteiger partial charge in [0.15, 0.2) is 0 Å². The van der Waals surface area contributed by atoms with Gasteiger partial charge in [-0.25, -0.2) is 9.37 Å². The number of hydrogen-bond acceptors (Lipinski definition) is 5. The summed E-state index contributed by atoms with van der Waals surface area (Å²) in [5.74, 6) is 2.13. The molecular formula is C19H26FN3O2. The van der Waals surface area contributed by atoms with Crippen molar-refractivity contribution in [1.29, 1.82) is 0 Å². The molecule has 0 spiro atoms. The highest BCUT2D eigenvalue weighted by atomic mass is 19.1. The lowest BCUT2D eigenvalue weighted by Gasteiger charge is -2.23. The lowest BCUT2D eigenvalue weighted by atomic mass is 10.2. The number of nitrogens with zero attached hydrogens (tertiary/aromatic N) is 3. The summed E-state index contributed by atoms with van der Waals surface area (Å²) in [7, 11) is 2.13. The molecular weight excluding hydrogens is 321 g/mol. The summed E-state index contributed by atoms with van der Waals surface area (Å²) in [5, 5.41) is 0. The monoisotopic (exact) mass is 347 g/mol. The van der Waals surface area contributed by atoms with Gasteiger partial charge in [-0.1, -0.05) is 0 Å². The third-order valence-corrected chi connectivity index (χ3v) is 4.63. The van der Waals surface area contributed by atoms with Crippen LogP contribution in [0, 0.1) is 12.7 Å². The van der Waals surface area contributed by atoms with Crippen LogP contribution in [0.5, 0.6) is 5.75 Å². The lowest BCUT2D eigenvalue weighted by molar-refractivity contribution is 0.201. The summed E-state index contributed by atoms with van der Waals surface area (Å²) in [6.07, 6.45) is 3.90. The maximum absolute atomic E-state index is 12.8. The Balaban J connectivity index is 1.34. The second-order valence-electron chi connectivity index (χ2n) is 6.68. The third kappa shape index (κ3) is 5.28. The van der Waals surface area contributed by atoms with Gasteiger partial charge in [-0.3, -0.25) is 4.90 Å². The SMILES string of the molecule is Cc1cnc(CN(C)C2CCN(CCCOc3ccc(F)cc3)C2)o1. The maximum Gasteiger partial charge on any atom is 0.208 e. The molecule has 1 aliphatic heterocycles. The molecule has 6 heteroatoms. The highest BCUT2D eigenvalue weighted by molar-refractivity contribution is 5.21. The zero-order chi connectivity index (χ0) is 17.6. The van der Waals surface area contributed by atoms with Gasteiger partial charge in [-0.05, 0) is 57.6 Å². The highest BCUT2D eigenvalue weighted by Gasteiger charge is 2.26. The number of oxazole rings is 1. The normalized spacial score (nSPS) is 18.2. The first-order chi connectivity index (χ1) is 12.1. The molecule has 0 aliphatic carbocycles. The quantitative estimate of drug-likeness (QED) is 0.687. The molecule has 0 radical (unpaired) electrons. The number of likely N-dealkylation sites (tertiary alicyclic amines) is 1. The van der Waals surface area contributed by atoms with Crippen molar-refractivity contribution in [3.05, 3.63) is 47.9 Å². The molecule has 0 bridgehead atoms. The molecule has 25 heavy (non-hydrogen) atoms. The summed E-state index contributed by atoms with van der Waals surface area (Å²) >= 11 is 0. The van der Waals surface area contributed by atoms with Gasteiger partial charge in [0.2, 0.25) is 5.89 Å². The van der Waals surface area contributed by atoms with Crippen LogP contribution in [-0.4, -0.2) is 54.1 Å². The number of rotatable bonds is 8. The smallest absolute Gasteiger partial charge is 0.208 e. The van der Waals surface area contributed by atoms with Crippen LogP contribution >= 0.6 is 0 Å². The Kier molecular flexibility index (Phi) is 6.04. The van der Waals surface area contributed by atoms with E-state index in [2.05, 4.69) is 21.8 Å². The second-order valence-corrected chi connectivity index (χ2v) is 6.68. The molecule has 1 atom stereocenters. The van der Waals surface area contributed by atoms with Crippen LogP contribution in [0.2, 0.25) is 0 Å². The Hall–Kier alpha value is -1.92. The molecule has 0 amide bonds. The second kappa shape index (κ2) is 8.45. The van der Waals surface area contributed by atoms with E-state index in [1.165, 1.54) is 12.1 Å². The Labute approximate surface area is 148 Å². The number of benzene rings is 1. The third-order valence-electron chi connectivity index (χ3n) is 4.63. The molecule has 2 aromatic rings. The molecule has 0 saturated carbocycles. The van der Waals surface area contributed by atoms with E-state index in [4.69, 9.17) is 9.15 Å². The molecule has 2 heterocycles. The minimum atomic E-state index is -0.237. The minimum Gasteiger partial charge on any atom is -0.494 e. The van der Waals surface area contributed by atoms with Gasteiger partial charge in [0.05, 0.1) is 19.3 Å². The summed E-state index contributed by atoms with van der Waals surface area (Å²) in [6, 6.07) is 6.71. The first-order valence-corrected chi connectivity index (χ1v) is 8.82. The summed E-state index contributed by atoms with van der Waals surface area (Å²) in [5.41, 5.74) is 0. The van der Waals surface area contributed by atoms with Crippen molar-refractivity contribution in [3.8, 4) is 5.75 Å². The summed E-state index contributed by atoms with van der Waals surface area (Å²) in [6.45, 7) is 6.51. The van der Waals surface area contributed by atoms with Gasteiger partial charge in [0.25, 0.3) is 0 Å². The molecule has 5 nitrogen and oxygen atoms in total. The molecule has 3 rings (SSSR count). The van der Waals surface area contributed by atoms with Gasteiger partial charge in [-0.15, -0.1) is 0 Å². The van der Waals surface area contributed by atoms with Crippen molar-refractivity contribution in [2.75, 3.05) is 33.3 Å². The van der Waals surface area contributed by atoms with Crippen molar-refractivity contribution >= 4 is 0 Å². The van der Waals surface area contributed by atoms with Crippen LogP contribution < -0.4 is 4.74 Å². The standard InChI is InChI=1S/C19H26FN3O2/c1-15-12-21-19(25-15)14-22(2)17-8-10-23(13-17)9-3-11-24-18-6-4-16(20)5-7-18/h4-7,12,17H,3,8-11,13-14H2,1-2H3. The van der Waals surface area contributed by atoms with E-state index in [9.17, 15) is 4.39 Å². The largest absolute Gasteiger partial charge is 0.494 e. The summed E-state index contributed by atoms with van der Waals surface area (Å²) < 4.78 is 24.1. The van der Waals surface area contributed by atoms with E-state index in [1.54, 1.807) is 18.3 Å². The van der Waals surface area contributed by atoms with E-state index in [0.29, 0.717) is 12.6 Å². The van der Waals surface area contributed by atoms with E-state index >= 15 is 0 Å². The Bertz CT molecular complexity index is 659. The molecule has 136 valence electrons. The fraction of sp³-hybridized carbons (Fsp3) is 0.526. The number of likely N-dealkylation sites (N-methyl/N-ethyl adjacent to an activating group) is 1. The van der Waals surface area contributed by atoms with Crippen molar-refractivity contribution in [2.45, 2.75) is 32.4 Å². The van der Waals surface area contributed by atoms with Crippen LogP contribution in [0.3, 0.4) is 0 Å². The topological polar surface area (TPSA) is 41.7 Å². The molecule has 1 unspecified atom stereocenters. The zero-order valence-electron chi connectivity index (χ0n) is 14.9. The van der Waals surface area contributed by atoms with Crippen LogP contribution in [-0.2, 0) is 6.54 Å². The molecule has 1 aromatic carbocycles. The fourth-order valence-corrected chi connectivity index (χ4v) is 3.20. The van der Waals surface area contributed by atoms with Crippen molar-refractivity contribution in [3.63, 3.8) is 0 Å². The van der Waals surface area contributed by atoms with E-state index in [1.807, 2.05) is 6.92 Å². The van der Waals surface area contributed by atoms with Gasteiger partial charge < -0.3 is 14.1 Å². The first kappa shape index (κ1) is 17.9. The highest BCUT2D eigenvalue weighted by Crippen LogP contribution is 2.17. The van der Waals surface area contributed by atoms with E-state index in [-0.39, 0.29) is 5.82 Å². The molecule has 1 saturated heterocycles. The van der Waals surface area contributed by atoms with Gasteiger partial charge in [-0.2, -0.15) is 0 Å². The Morgan fingerprint density at radius 1 is 1.36 bits per heavy atom. The number of aryl methyl sites for hydroxylation is 1. The number of ether oxygens (including phenoxy) is 1. The Morgan fingerprint density at radius 3 is 2.88 bits per heavy atom. The van der Waals surface area contributed by atoms with Crippen LogP contribution in [0.15, 0.2) is 34.9 Å². The first-order valence-electron chi connectivity index (χ1n) is 8.82. The zero-order valence-corrected chi connectivity index (χ0v) is 14.9. The van der Waals surface area contributed by atoms with Crippen LogP contribution in [0.1, 0.15) is 24.5 Å². The summed E-state index contributed by atoms with van der Waals surface area (Å²) in [4.78, 5) is 9.07.